The molecule has 114 valence electrons. The topological polar surface area (TPSA) is 46.6 Å². The van der Waals surface area contributed by atoms with Gasteiger partial charge in [0.15, 0.2) is 0 Å². The number of hydrogen-bond donors (Lipinski definition) is 0. The molecule has 0 aliphatic carbocycles. The van der Waals surface area contributed by atoms with E-state index in [4.69, 9.17) is 4.74 Å². The second-order valence-electron chi connectivity index (χ2n) is 5.26. The van der Waals surface area contributed by atoms with Crippen molar-refractivity contribution in [3.63, 3.8) is 0 Å². The number of methoxy groups -OCH3 is 1. The molecule has 1 aromatic carbocycles. The molecule has 0 bridgehead atoms. The lowest BCUT2D eigenvalue weighted by Gasteiger charge is -2.22. The van der Waals surface area contributed by atoms with Crippen LogP contribution in [0.2, 0.25) is 0 Å². The molecule has 0 aromatic heterocycles. The summed E-state index contributed by atoms with van der Waals surface area (Å²) in [6.07, 6.45) is 1.68. The predicted octanol–water partition coefficient (Wildman–Crippen LogP) is 3.14. The van der Waals surface area contributed by atoms with Crippen LogP contribution in [-0.2, 0) is 10.0 Å². The van der Waals surface area contributed by atoms with Crippen LogP contribution in [0.1, 0.15) is 33.6 Å². The first kappa shape index (κ1) is 17.0. The van der Waals surface area contributed by atoms with Gasteiger partial charge in [-0.1, -0.05) is 20.8 Å². The van der Waals surface area contributed by atoms with Gasteiger partial charge in [0, 0.05) is 13.1 Å². The number of rotatable bonds is 8. The maximum Gasteiger partial charge on any atom is 0.243 e. The van der Waals surface area contributed by atoms with E-state index in [1.54, 1.807) is 35.7 Å². The van der Waals surface area contributed by atoms with Crippen molar-refractivity contribution >= 4 is 10.0 Å². The van der Waals surface area contributed by atoms with Gasteiger partial charge in [0.25, 0.3) is 0 Å². The molecule has 0 N–H and O–H groups in total. The van der Waals surface area contributed by atoms with Crippen LogP contribution in [0.15, 0.2) is 29.2 Å². The minimum absolute atomic E-state index is 0.329. The van der Waals surface area contributed by atoms with Crippen LogP contribution in [0.25, 0.3) is 0 Å². The van der Waals surface area contributed by atoms with Crippen molar-refractivity contribution in [1.29, 1.82) is 0 Å². The molecule has 4 nitrogen and oxygen atoms in total. The molecule has 0 heterocycles. The van der Waals surface area contributed by atoms with Gasteiger partial charge in [0.1, 0.15) is 5.75 Å². The standard InChI is InChI=1S/C15H25NO3S/c1-5-11-16(12-10-13(2)3)20(17,18)15-8-6-14(19-4)7-9-15/h6-9,13H,5,10-12H2,1-4H3. The van der Waals surface area contributed by atoms with Gasteiger partial charge in [0.05, 0.1) is 12.0 Å². The number of hydrogen-bond acceptors (Lipinski definition) is 3. The second-order valence-corrected chi connectivity index (χ2v) is 7.20. The molecular formula is C15H25NO3S. The molecule has 0 aliphatic rings. The van der Waals surface area contributed by atoms with Crippen molar-refractivity contribution in [2.24, 2.45) is 5.92 Å². The Morgan fingerprint density at radius 2 is 1.75 bits per heavy atom. The van der Waals surface area contributed by atoms with Gasteiger partial charge in [-0.15, -0.1) is 0 Å². The normalized spacial score (nSPS) is 12.1. The molecule has 0 saturated carbocycles. The summed E-state index contributed by atoms with van der Waals surface area (Å²) >= 11 is 0. The second kappa shape index (κ2) is 7.64. The summed E-state index contributed by atoms with van der Waals surface area (Å²) in [6, 6.07) is 6.57. The minimum atomic E-state index is -3.41. The molecular weight excluding hydrogens is 274 g/mol. The van der Waals surface area contributed by atoms with Crippen molar-refractivity contribution in [1.82, 2.24) is 4.31 Å². The van der Waals surface area contributed by atoms with E-state index in [1.807, 2.05) is 6.92 Å². The van der Waals surface area contributed by atoms with Gasteiger partial charge in [-0.2, -0.15) is 4.31 Å². The van der Waals surface area contributed by atoms with Crippen molar-refractivity contribution < 1.29 is 13.2 Å². The fourth-order valence-corrected chi connectivity index (χ4v) is 3.45. The Kier molecular flexibility index (Phi) is 6.49. The summed E-state index contributed by atoms with van der Waals surface area (Å²) in [5, 5.41) is 0. The SMILES string of the molecule is CCCN(CCC(C)C)S(=O)(=O)c1ccc(OC)cc1. The lowest BCUT2D eigenvalue weighted by molar-refractivity contribution is 0.379. The van der Waals surface area contributed by atoms with E-state index < -0.39 is 10.0 Å². The van der Waals surface area contributed by atoms with Crippen LogP contribution in [0, 0.1) is 5.92 Å². The molecule has 0 amide bonds. The number of benzene rings is 1. The highest BCUT2D eigenvalue weighted by Crippen LogP contribution is 2.20. The predicted molar refractivity (Wildman–Crippen MR) is 81.5 cm³/mol. The van der Waals surface area contributed by atoms with E-state index in [0.29, 0.717) is 29.7 Å². The van der Waals surface area contributed by atoms with Gasteiger partial charge in [0.2, 0.25) is 10.0 Å². The van der Waals surface area contributed by atoms with E-state index in [-0.39, 0.29) is 0 Å². The van der Waals surface area contributed by atoms with E-state index in [9.17, 15) is 8.42 Å². The monoisotopic (exact) mass is 299 g/mol. The average Bonchev–Trinajstić information content (AvgIpc) is 2.43. The summed E-state index contributed by atoms with van der Waals surface area (Å²) in [5.74, 6) is 1.15. The maximum absolute atomic E-state index is 12.6. The zero-order chi connectivity index (χ0) is 15.2. The van der Waals surface area contributed by atoms with E-state index in [2.05, 4.69) is 13.8 Å². The van der Waals surface area contributed by atoms with Crippen LogP contribution in [0.3, 0.4) is 0 Å². The van der Waals surface area contributed by atoms with Crippen LogP contribution in [0.5, 0.6) is 5.75 Å². The maximum atomic E-state index is 12.6. The molecule has 0 fully saturated rings. The van der Waals surface area contributed by atoms with Gasteiger partial charge >= 0.3 is 0 Å². The van der Waals surface area contributed by atoms with E-state index in [0.717, 1.165) is 12.8 Å². The third-order valence-corrected chi connectivity index (χ3v) is 5.04. The molecule has 0 saturated heterocycles. The number of ether oxygens (including phenoxy) is 1. The Morgan fingerprint density at radius 1 is 1.15 bits per heavy atom. The van der Waals surface area contributed by atoms with E-state index in [1.165, 1.54) is 0 Å². The van der Waals surface area contributed by atoms with Crippen LogP contribution in [-0.4, -0.2) is 32.9 Å². The Balaban J connectivity index is 2.95. The quantitative estimate of drug-likeness (QED) is 0.741. The first-order valence-corrected chi connectivity index (χ1v) is 8.50. The van der Waals surface area contributed by atoms with Crippen molar-refractivity contribution in [2.75, 3.05) is 20.2 Å². The summed E-state index contributed by atoms with van der Waals surface area (Å²) in [7, 11) is -1.84. The molecule has 0 unspecified atom stereocenters. The largest absolute Gasteiger partial charge is 0.497 e. The molecule has 0 radical (unpaired) electrons. The smallest absolute Gasteiger partial charge is 0.243 e. The number of sulfonamides is 1. The molecule has 1 rings (SSSR count). The molecule has 0 spiro atoms. The van der Waals surface area contributed by atoms with Crippen molar-refractivity contribution in [2.45, 2.75) is 38.5 Å². The zero-order valence-corrected chi connectivity index (χ0v) is 13.6. The highest BCUT2D eigenvalue weighted by Gasteiger charge is 2.23. The highest BCUT2D eigenvalue weighted by molar-refractivity contribution is 7.89. The van der Waals surface area contributed by atoms with Crippen molar-refractivity contribution in [3.05, 3.63) is 24.3 Å². The first-order chi connectivity index (χ1) is 9.41. The molecule has 1 aromatic rings. The van der Waals surface area contributed by atoms with Gasteiger partial charge in [-0.05, 0) is 43.0 Å². The summed E-state index contributed by atoms with van der Waals surface area (Å²) in [5.41, 5.74) is 0. The molecule has 0 aliphatic heterocycles. The fraction of sp³-hybridized carbons (Fsp3) is 0.600. The zero-order valence-electron chi connectivity index (χ0n) is 12.8. The van der Waals surface area contributed by atoms with Crippen LogP contribution in [0.4, 0.5) is 0 Å². The average molecular weight is 299 g/mol. The van der Waals surface area contributed by atoms with Gasteiger partial charge < -0.3 is 4.74 Å². The number of nitrogens with zero attached hydrogens (tertiary/aromatic N) is 1. The molecule has 0 atom stereocenters. The van der Waals surface area contributed by atoms with Gasteiger partial charge in [-0.3, -0.25) is 0 Å². The third-order valence-electron chi connectivity index (χ3n) is 3.13. The lowest BCUT2D eigenvalue weighted by Crippen LogP contribution is -2.33. The molecule has 5 heteroatoms. The summed E-state index contributed by atoms with van der Waals surface area (Å²) in [6.45, 7) is 7.32. The van der Waals surface area contributed by atoms with E-state index >= 15 is 0 Å². The summed E-state index contributed by atoms with van der Waals surface area (Å²) in [4.78, 5) is 0.329. The van der Waals surface area contributed by atoms with Gasteiger partial charge in [-0.25, -0.2) is 8.42 Å². The first-order valence-electron chi connectivity index (χ1n) is 7.06. The third kappa shape index (κ3) is 4.49. The Bertz CT molecular complexity index is 494. The fourth-order valence-electron chi connectivity index (χ4n) is 1.90. The minimum Gasteiger partial charge on any atom is -0.497 e. The van der Waals surface area contributed by atoms with Crippen LogP contribution >= 0.6 is 0 Å². The van der Waals surface area contributed by atoms with Crippen molar-refractivity contribution in [3.8, 4) is 5.75 Å². The molecule has 20 heavy (non-hydrogen) atoms. The Hall–Kier alpha value is -1.07. The Morgan fingerprint density at radius 3 is 2.20 bits per heavy atom. The van der Waals surface area contributed by atoms with Crippen LogP contribution < -0.4 is 4.74 Å². The Labute approximate surface area is 122 Å². The highest BCUT2D eigenvalue weighted by atomic mass is 32.2. The summed E-state index contributed by atoms with van der Waals surface area (Å²) < 4.78 is 31.9. The lowest BCUT2D eigenvalue weighted by atomic mass is 10.1.